The molecule has 0 amide bonds. The molecule has 0 aliphatic carbocycles. The largest absolute Gasteiger partial charge is 0.491 e. The van der Waals surface area contributed by atoms with Crippen LogP contribution in [0.1, 0.15) is 12.5 Å². The molecule has 0 atom stereocenters. The number of nitrogens with zero attached hydrogens (tertiary/aromatic N) is 1. The summed E-state index contributed by atoms with van der Waals surface area (Å²) in [5.41, 5.74) is 6.65. The Kier molecular flexibility index (Phi) is 4.85. The number of nitrogen functional groups attached to an aromatic ring is 1. The summed E-state index contributed by atoms with van der Waals surface area (Å²) in [5.74, 6) is 2.63. The van der Waals surface area contributed by atoms with E-state index in [0.717, 1.165) is 11.5 Å². The number of hydrogen-bond donors (Lipinski definition) is 1. The molecule has 1 aromatic carbocycles. The zero-order valence-corrected chi connectivity index (χ0v) is 9.51. The number of hydrogen-bond acceptors (Lipinski definition) is 4. The molecule has 4 heteroatoms. The van der Waals surface area contributed by atoms with Crippen molar-refractivity contribution in [3.05, 3.63) is 23.8 Å². The number of rotatable bonds is 5. The van der Waals surface area contributed by atoms with Gasteiger partial charge in [0.15, 0.2) is 0 Å². The second-order valence-corrected chi connectivity index (χ2v) is 4.31. The maximum absolute atomic E-state index is 8.85. The summed E-state index contributed by atoms with van der Waals surface area (Å²) >= 11 is 1.81. The first-order chi connectivity index (χ1) is 7.27. The van der Waals surface area contributed by atoms with Crippen LogP contribution in [0, 0.1) is 11.3 Å². The highest BCUT2D eigenvalue weighted by Crippen LogP contribution is 2.20. The quantitative estimate of drug-likeness (QED) is 0.613. The molecule has 0 unspecified atom stereocenters. The molecule has 1 aromatic rings. The normalized spacial score (nSPS) is 9.60. The highest BCUT2D eigenvalue weighted by molar-refractivity contribution is 7.99. The number of benzene rings is 1. The third-order valence-electron chi connectivity index (χ3n) is 1.81. The number of nitriles is 1. The van der Waals surface area contributed by atoms with E-state index in [1.165, 1.54) is 0 Å². The molecule has 0 bridgehead atoms. The third-order valence-corrected chi connectivity index (χ3v) is 2.68. The Bertz CT molecular complexity index is 360. The van der Waals surface area contributed by atoms with E-state index in [-0.39, 0.29) is 0 Å². The van der Waals surface area contributed by atoms with Gasteiger partial charge in [0.2, 0.25) is 0 Å². The van der Waals surface area contributed by atoms with E-state index in [9.17, 15) is 0 Å². The van der Waals surface area contributed by atoms with Gasteiger partial charge in [-0.25, -0.2) is 0 Å². The molecule has 0 heterocycles. The standard InChI is InChI=1S/C11H14N2OS/c1-2-15-6-5-14-11-4-3-10(13)7-9(11)8-12/h3-4,7H,2,5-6,13H2,1H3. The first-order valence-electron chi connectivity index (χ1n) is 4.78. The fourth-order valence-electron chi connectivity index (χ4n) is 1.12. The summed E-state index contributed by atoms with van der Waals surface area (Å²) in [6, 6.07) is 7.17. The van der Waals surface area contributed by atoms with E-state index < -0.39 is 0 Å². The zero-order chi connectivity index (χ0) is 11.1. The van der Waals surface area contributed by atoms with E-state index >= 15 is 0 Å². The van der Waals surface area contributed by atoms with Gasteiger partial charge in [-0.1, -0.05) is 6.92 Å². The summed E-state index contributed by atoms with van der Waals surface area (Å²) in [7, 11) is 0. The van der Waals surface area contributed by atoms with Crippen LogP contribution in [0.4, 0.5) is 5.69 Å². The predicted octanol–water partition coefficient (Wildman–Crippen LogP) is 2.27. The van der Waals surface area contributed by atoms with E-state index in [0.29, 0.717) is 23.6 Å². The van der Waals surface area contributed by atoms with Crippen molar-refractivity contribution in [1.29, 1.82) is 5.26 Å². The summed E-state index contributed by atoms with van der Waals surface area (Å²) in [5, 5.41) is 8.85. The Labute approximate surface area is 94.2 Å². The summed E-state index contributed by atoms with van der Waals surface area (Å²) in [6.07, 6.45) is 0. The van der Waals surface area contributed by atoms with Crippen LogP contribution in [0.25, 0.3) is 0 Å². The van der Waals surface area contributed by atoms with Crippen LogP contribution in [0.2, 0.25) is 0 Å². The van der Waals surface area contributed by atoms with Crippen LogP contribution >= 0.6 is 11.8 Å². The Morgan fingerprint density at radius 1 is 1.53 bits per heavy atom. The van der Waals surface area contributed by atoms with E-state index in [1.54, 1.807) is 18.2 Å². The van der Waals surface area contributed by atoms with Gasteiger partial charge in [0.1, 0.15) is 11.8 Å². The van der Waals surface area contributed by atoms with Crippen LogP contribution in [-0.2, 0) is 0 Å². The molecule has 0 saturated carbocycles. The van der Waals surface area contributed by atoms with E-state index in [1.807, 2.05) is 11.8 Å². The second kappa shape index (κ2) is 6.20. The Balaban J connectivity index is 2.57. The van der Waals surface area contributed by atoms with Gasteiger partial charge in [0, 0.05) is 11.4 Å². The van der Waals surface area contributed by atoms with Crippen molar-refractivity contribution in [2.45, 2.75) is 6.92 Å². The minimum atomic E-state index is 0.497. The van der Waals surface area contributed by atoms with Crippen LogP contribution in [-0.4, -0.2) is 18.1 Å². The predicted molar refractivity (Wildman–Crippen MR) is 64.1 cm³/mol. The minimum Gasteiger partial charge on any atom is -0.491 e. The highest BCUT2D eigenvalue weighted by atomic mass is 32.2. The molecule has 0 saturated heterocycles. The molecular weight excluding hydrogens is 208 g/mol. The lowest BCUT2D eigenvalue weighted by molar-refractivity contribution is 0.343. The molecule has 0 fully saturated rings. The van der Waals surface area contributed by atoms with Crippen molar-refractivity contribution in [2.24, 2.45) is 0 Å². The fraction of sp³-hybridized carbons (Fsp3) is 0.364. The van der Waals surface area contributed by atoms with Crippen LogP contribution in [0.5, 0.6) is 5.75 Å². The topological polar surface area (TPSA) is 59.0 Å². The highest BCUT2D eigenvalue weighted by Gasteiger charge is 2.02. The first-order valence-corrected chi connectivity index (χ1v) is 5.93. The molecule has 3 nitrogen and oxygen atoms in total. The van der Waals surface area contributed by atoms with Gasteiger partial charge < -0.3 is 10.5 Å². The maximum Gasteiger partial charge on any atom is 0.137 e. The first kappa shape index (κ1) is 11.7. The van der Waals surface area contributed by atoms with Crippen molar-refractivity contribution < 1.29 is 4.74 Å². The maximum atomic E-state index is 8.85. The van der Waals surface area contributed by atoms with Gasteiger partial charge in [0.25, 0.3) is 0 Å². The number of nitrogens with two attached hydrogens (primary N) is 1. The van der Waals surface area contributed by atoms with Crippen molar-refractivity contribution in [2.75, 3.05) is 23.8 Å². The molecule has 2 N–H and O–H groups in total. The lowest BCUT2D eigenvalue weighted by Gasteiger charge is -2.07. The summed E-state index contributed by atoms with van der Waals surface area (Å²) in [6.45, 7) is 2.73. The van der Waals surface area contributed by atoms with Crippen molar-refractivity contribution in [3.8, 4) is 11.8 Å². The summed E-state index contributed by atoms with van der Waals surface area (Å²) in [4.78, 5) is 0. The lowest BCUT2D eigenvalue weighted by atomic mass is 10.2. The van der Waals surface area contributed by atoms with Crippen molar-refractivity contribution >= 4 is 17.4 Å². The molecule has 1 rings (SSSR count). The van der Waals surface area contributed by atoms with Gasteiger partial charge >= 0.3 is 0 Å². The Morgan fingerprint density at radius 3 is 3.00 bits per heavy atom. The summed E-state index contributed by atoms with van der Waals surface area (Å²) < 4.78 is 5.49. The van der Waals surface area contributed by atoms with Crippen LogP contribution in [0.15, 0.2) is 18.2 Å². The molecule has 0 aliphatic rings. The number of thioether (sulfide) groups is 1. The number of ether oxygens (including phenoxy) is 1. The third kappa shape index (κ3) is 3.72. The molecule has 0 radical (unpaired) electrons. The molecule has 15 heavy (non-hydrogen) atoms. The van der Waals surface area contributed by atoms with Crippen LogP contribution in [0.3, 0.4) is 0 Å². The van der Waals surface area contributed by atoms with Gasteiger partial charge in [-0.2, -0.15) is 17.0 Å². The zero-order valence-electron chi connectivity index (χ0n) is 8.69. The Morgan fingerprint density at radius 2 is 2.33 bits per heavy atom. The molecule has 0 aliphatic heterocycles. The van der Waals surface area contributed by atoms with Crippen molar-refractivity contribution in [3.63, 3.8) is 0 Å². The van der Waals surface area contributed by atoms with Gasteiger partial charge in [0.05, 0.1) is 12.2 Å². The molecule has 0 aromatic heterocycles. The van der Waals surface area contributed by atoms with Gasteiger partial charge in [-0.3, -0.25) is 0 Å². The van der Waals surface area contributed by atoms with E-state index in [2.05, 4.69) is 13.0 Å². The molecular formula is C11H14N2OS. The Hall–Kier alpha value is -1.34. The molecule has 80 valence electrons. The van der Waals surface area contributed by atoms with Crippen molar-refractivity contribution in [1.82, 2.24) is 0 Å². The monoisotopic (exact) mass is 222 g/mol. The second-order valence-electron chi connectivity index (χ2n) is 2.91. The smallest absolute Gasteiger partial charge is 0.137 e. The van der Waals surface area contributed by atoms with Gasteiger partial charge in [-0.15, -0.1) is 0 Å². The SMILES string of the molecule is CCSCCOc1ccc(N)cc1C#N. The fourth-order valence-corrected chi connectivity index (χ4v) is 1.61. The molecule has 0 spiro atoms. The number of anilines is 1. The average molecular weight is 222 g/mol. The van der Waals surface area contributed by atoms with Gasteiger partial charge in [-0.05, 0) is 24.0 Å². The lowest BCUT2D eigenvalue weighted by Crippen LogP contribution is -2.02. The minimum absolute atomic E-state index is 0.497. The van der Waals surface area contributed by atoms with E-state index in [4.69, 9.17) is 15.7 Å². The van der Waals surface area contributed by atoms with Crippen LogP contribution < -0.4 is 10.5 Å². The average Bonchev–Trinajstić information content (AvgIpc) is 2.26.